The van der Waals surface area contributed by atoms with Crippen LogP contribution in [0.1, 0.15) is 32.6 Å². The van der Waals surface area contributed by atoms with Gasteiger partial charge in [-0.2, -0.15) is 13.2 Å². The highest BCUT2D eigenvalue weighted by molar-refractivity contribution is 5.96. The molecule has 0 heterocycles. The summed E-state index contributed by atoms with van der Waals surface area (Å²) in [5, 5.41) is 9.89. The number of carbonyl (C=O) groups excluding carboxylic acids is 1. The molecule has 0 radical (unpaired) electrons. The molecule has 0 aliphatic heterocycles. The lowest BCUT2D eigenvalue weighted by Crippen LogP contribution is -2.24. The third-order valence-electron chi connectivity index (χ3n) is 3.37. The fourth-order valence-corrected chi connectivity index (χ4v) is 2.16. The lowest BCUT2D eigenvalue weighted by atomic mass is 10.1. The molecule has 0 saturated carbocycles. The number of phenolic OH excluding ortho intramolecular Hbond substituents is 1. The average molecular weight is 339 g/mol. The molecule has 2 rings (SSSR count). The smallest absolute Gasteiger partial charge is 0.416 e. The van der Waals surface area contributed by atoms with Gasteiger partial charge >= 0.3 is 6.18 Å². The fourth-order valence-electron chi connectivity index (χ4n) is 2.16. The maximum absolute atomic E-state index is 12.5. The van der Waals surface area contributed by atoms with Crippen LogP contribution < -0.4 is 5.48 Å². The number of amides is 1. The second-order valence-corrected chi connectivity index (χ2v) is 5.39. The molecule has 0 bridgehead atoms. The summed E-state index contributed by atoms with van der Waals surface area (Å²) in [7, 11) is 0. The Morgan fingerprint density at radius 1 is 1.17 bits per heavy atom. The molecule has 0 aliphatic carbocycles. The van der Waals surface area contributed by atoms with E-state index in [2.05, 4.69) is 5.48 Å². The number of hydrogen-bond acceptors (Lipinski definition) is 3. The normalized spacial score (nSPS) is 11.4. The summed E-state index contributed by atoms with van der Waals surface area (Å²) in [6, 6.07) is 7.66. The van der Waals surface area contributed by atoms with Crippen molar-refractivity contribution in [3.63, 3.8) is 0 Å². The van der Waals surface area contributed by atoms with Gasteiger partial charge in [-0.05, 0) is 48.7 Å². The number of rotatable bonds is 4. The van der Waals surface area contributed by atoms with Crippen molar-refractivity contribution < 1.29 is 27.9 Å². The summed E-state index contributed by atoms with van der Waals surface area (Å²) in [5.74, 6) is -0.776. The fraction of sp³-hybridized carbons (Fsp3) is 0.235. The first-order valence-corrected chi connectivity index (χ1v) is 7.07. The molecule has 0 fully saturated rings. The molecule has 128 valence electrons. The number of alkyl halides is 3. The van der Waals surface area contributed by atoms with Crippen molar-refractivity contribution in [2.75, 3.05) is 0 Å². The quantitative estimate of drug-likeness (QED) is 0.831. The van der Waals surface area contributed by atoms with Crippen molar-refractivity contribution >= 4 is 5.91 Å². The van der Waals surface area contributed by atoms with Crippen molar-refractivity contribution in [2.24, 2.45) is 0 Å². The van der Waals surface area contributed by atoms with E-state index in [0.717, 1.165) is 17.7 Å². The second-order valence-electron chi connectivity index (χ2n) is 5.39. The van der Waals surface area contributed by atoms with Crippen molar-refractivity contribution in [1.29, 1.82) is 0 Å². The Hall–Kier alpha value is -2.54. The Kier molecular flexibility index (Phi) is 5.14. The zero-order valence-electron chi connectivity index (χ0n) is 13.1. The zero-order valence-corrected chi connectivity index (χ0v) is 13.1. The summed E-state index contributed by atoms with van der Waals surface area (Å²) in [5.41, 5.74) is 3.31. The van der Waals surface area contributed by atoms with E-state index >= 15 is 0 Å². The van der Waals surface area contributed by atoms with Gasteiger partial charge in [-0.15, -0.1) is 0 Å². The number of hydroxylamine groups is 1. The van der Waals surface area contributed by atoms with Crippen molar-refractivity contribution in [3.8, 4) is 5.75 Å². The van der Waals surface area contributed by atoms with Gasteiger partial charge in [-0.3, -0.25) is 9.63 Å². The largest absolute Gasteiger partial charge is 0.507 e. The minimum Gasteiger partial charge on any atom is -0.507 e. The highest BCUT2D eigenvalue weighted by Gasteiger charge is 2.29. The van der Waals surface area contributed by atoms with Crippen LogP contribution in [0, 0.1) is 13.8 Å². The van der Waals surface area contributed by atoms with Crippen LogP contribution in [0.25, 0.3) is 0 Å². The monoisotopic (exact) mass is 339 g/mol. The molecular weight excluding hydrogens is 323 g/mol. The van der Waals surface area contributed by atoms with Gasteiger partial charge in [0.05, 0.1) is 17.7 Å². The summed E-state index contributed by atoms with van der Waals surface area (Å²) in [6.07, 6.45) is -4.39. The standard InChI is InChI=1S/C17H16F3NO3/c1-10-7-11(2)15(22)14(8-10)16(23)21-24-9-12-3-5-13(6-4-12)17(18,19)20/h3-8,22H,9H2,1-2H3,(H,21,23). The van der Waals surface area contributed by atoms with Crippen LogP contribution in [-0.4, -0.2) is 11.0 Å². The van der Waals surface area contributed by atoms with Gasteiger partial charge in [0.2, 0.25) is 0 Å². The summed E-state index contributed by atoms with van der Waals surface area (Å²) < 4.78 is 37.4. The molecule has 24 heavy (non-hydrogen) atoms. The van der Waals surface area contributed by atoms with Gasteiger partial charge in [0.25, 0.3) is 5.91 Å². The molecule has 4 nitrogen and oxygen atoms in total. The maximum atomic E-state index is 12.5. The number of aromatic hydroxyl groups is 1. The molecule has 2 N–H and O–H groups in total. The van der Waals surface area contributed by atoms with E-state index in [-0.39, 0.29) is 17.9 Å². The van der Waals surface area contributed by atoms with Gasteiger partial charge in [0.15, 0.2) is 0 Å². The molecule has 0 aliphatic rings. The van der Waals surface area contributed by atoms with E-state index in [9.17, 15) is 23.1 Å². The highest BCUT2D eigenvalue weighted by Crippen LogP contribution is 2.29. The number of aryl methyl sites for hydroxylation is 2. The first-order valence-electron chi connectivity index (χ1n) is 7.07. The van der Waals surface area contributed by atoms with E-state index in [1.165, 1.54) is 18.2 Å². The Balaban J connectivity index is 1.96. The van der Waals surface area contributed by atoms with Gasteiger partial charge in [-0.1, -0.05) is 18.2 Å². The van der Waals surface area contributed by atoms with Crippen molar-refractivity contribution in [1.82, 2.24) is 5.48 Å². The summed E-state index contributed by atoms with van der Waals surface area (Å²) >= 11 is 0. The number of phenols is 1. The highest BCUT2D eigenvalue weighted by atomic mass is 19.4. The number of benzene rings is 2. The van der Waals surface area contributed by atoms with Gasteiger partial charge in [0, 0.05) is 0 Å². The average Bonchev–Trinajstić information content (AvgIpc) is 2.50. The van der Waals surface area contributed by atoms with E-state index in [1.807, 2.05) is 0 Å². The molecule has 2 aromatic rings. The SMILES string of the molecule is Cc1cc(C)c(O)c(C(=O)NOCc2ccc(C(F)(F)F)cc2)c1. The Morgan fingerprint density at radius 2 is 1.79 bits per heavy atom. The molecule has 0 spiro atoms. The Labute approximate surface area is 136 Å². The van der Waals surface area contributed by atoms with Crippen molar-refractivity contribution in [3.05, 3.63) is 64.2 Å². The molecular formula is C17H16F3NO3. The summed E-state index contributed by atoms with van der Waals surface area (Å²) in [4.78, 5) is 17.0. The third kappa shape index (κ3) is 4.26. The lowest BCUT2D eigenvalue weighted by Gasteiger charge is -2.10. The summed E-state index contributed by atoms with van der Waals surface area (Å²) in [6.45, 7) is 3.35. The Morgan fingerprint density at radius 3 is 2.38 bits per heavy atom. The number of hydrogen-bond donors (Lipinski definition) is 2. The van der Waals surface area contributed by atoms with Crippen LogP contribution in [-0.2, 0) is 17.6 Å². The molecule has 0 atom stereocenters. The number of nitrogens with one attached hydrogen (secondary N) is 1. The van der Waals surface area contributed by atoms with E-state index in [1.54, 1.807) is 19.9 Å². The van der Waals surface area contributed by atoms with E-state index in [4.69, 9.17) is 4.84 Å². The van der Waals surface area contributed by atoms with Crippen LogP contribution in [0.4, 0.5) is 13.2 Å². The van der Waals surface area contributed by atoms with Crippen molar-refractivity contribution in [2.45, 2.75) is 26.6 Å². The molecule has 7 heteroatoms. The zero-order chi connectivity index (χ0) is 17.9. The minimum atomic E-state index is -4.39. The first-order chi connectivity index (χ1) is 11.2. The van der Waals surface area contributed by atoms with Crippen LogP contribution in [0.5, 0.6) is 5.75 Å². The lowest BCUT2D eigenvalue weighted by molar-refractivity contribution is -0.137. The minimum absolute atomic E-state index is 0.0694. The number of halogens is 3. The molecule has 0 aromatic heterocycles. The number of carbonyl (C=O) groups is 1. The van der Waals surface area contributed by atoms with Crippen LogP contribution in [0.2, 0.25) is 0 Å². The van der Waals surface area contributed by atoms with Crippen LogP contribution in [0.3, 0.4) is 0 Å². The van der Waals surface area contributed by atoms with Crippen LogP contribution >= 0.6 is 0 Å². The molecule has 2 aromatic carbocycles. The van der Waals surface area contributed by atoms with Crippen LogP contribution in [0.15, 0.2) is 36.4 Å². The van der Waals surface area contributed by atoms with E-state index in [0.29, 0.717) is 11.1 Å². The predicted octanol–water partition coefficient (Wildman–Crippen LogP) is 3.89. The second kappa shape index (κ2) is 6.92. The molecule has 0 saturated heterocycles. The van der Waals surface area contributed by atoms with Gasteiger partial charge < -0.3 is 5.11 Å². The molecule has 0 unspecified atom stereocenters. The predicted molar refractivity (Wildman–Crippen MR) is 81.3 cm³/mol. The molecule has 1 amide bonds. The van der Waals surface area contributed by atoms with E-state index < -0.39 is 17.6 Å². The topological polar surface area (TPSA) is 58.6 Å². The third-order valence-corrected chi connectivity index (χ3v) is 3.37. The van der Waals surface area contributed by atoms with Gasteiger partial charge in [0.1, 0.15) is 5.75 Å². The maximum Gasteiger partial charge on any atom is 0.416 e. The first kappa shape index (κ1) is 17.8. The van der Waals surface area contributed by atoms with Gasteiger partial charge in [-0.25, -0.2) is 5.48 Å². The Bertz CT molecular complexity index is 740.